The van der Waals surface area contributed by atoms with Crippen molar-refractivity contribution in [1.82, 2.24) is 0 Å². The first-order valence-corrected chi connectivity index (χ1v) is 4.05. The Hall–Kier alpha value is -1.73. The van der Waals surface area contributed by atoms with Crippen LogP contribution in [0.15, 0.2) is 12.1 Å². The molecule has 0 aliphatic carbocycles. The van der Waals surface area contributed by atoms with Gasteiger partial charge in [0.05, 0.1) is 23.3 Å². The van der Waals surface area contributed by atoms with Crippen molar-refractivity contribution >= 4 is 23.3 Å². The van der Waals surface area contributed by atoms with Crippen LogP contribution in [-0.4, -0.2) is 13.1 Å². The van der Waals surface area contributed by atoms with Gasteiger partial charge in [0, 0.05) is 5.69 Å². The number of hydrogen-bond acceptors (Lipinski definition) is 4. The Balaban J connectivity index is 3.30. The third kappa shape index (κ3) is 1.78. The predicted molar refractivity (Wildman–Crippen MR) is 51.9 cm³/mol. The van der Waals surface area contributed by atoms with Gasteiger partial charge in [-0.1, -0.05) is 11.6 Å². The summed E-state index contributed by atoms with van der Waals surface area (Å²) in [7, 11) is 1.24. The molecule has 0 bridgehead atoms. The van der Waals surface area contributed by atoms with E-state index in [0.29, 0.717) is 0 Å². The molecule has 1 rings (SSSR count). The maximum atomic E-state index is 11.1. The van der Waals surface area contributed by atoms with E-state index in [-0.39, 0.29) is 21.8 Å². The van der Waals surface area contributed by atoms with Gasteiger partial charge in [-0.15, -0.1) is 0 Å². The minimum atomic E-state index is -0.575. The van der Waals surface area contributed by atoms with E-state index in [9.17, 15) is 4.79 Å². The Morgan fingerprint density at radius 2 is 2.29 bits per heavy atom. The number of anilines is 1. The maximum Gasteiger partial charge on any atom is 0.340 e. The number of hydrogen-bond donors (Lipinski definition) is 1. The number of nitrogens with zero attached hydrogens (tertiary/aromatic N) is 1. The Kier molecular flexibility index (Phi) is 2.95. The molecule has 1 aromatic rings. The molecule has 5 heteroatoms. The fraction of sp³-hybridized carbons (Fsp3) is 0.111. The van der Waals surface area contributed by atoms with Crippen molar-refractivity contribution in [2.45, 2.75) is 0 Å². The lowest BCUT2D eigenvalue weighted by molar-refractivity contribution is 0.0602. The topological polar surface area (TPSA) is 76.1 Å². The number of rotatable bonds is 1. The summed E-state index contributed by atoms with van der Waals surface area (Å²) in [6.45, 7) is 0. The Morgan fingerprint density at radius 1 is 1.64 bits per heavy atom. The summed E-state index contributed by atoms with van der Waals surface area (Å²) in [5, 5.41) is 8.81. The quantitative estimate of drug-likeness (QED) is 0.564. The summed E-state index contributed by atoms with van der Waals surface area (Å²) < 4.78 is 4.49. The molecule has 0 atom stereocenters. The van der Waals surface area contributed by atoms with Crippen LogP contribution >= 0.6 is 11.6 Å². The van der Waals surface area contributed by atoms with Crippen LogP contribution < -0.4 is 5.73 Å². The van der Waals surface area contributed by atoms with Gasteiger partial charge in [-0.25, -0.2) is 4.79 Å². The molecule has 2 N–H and O–H groups in total. The van der Waals surface area contributed by atoms with Crippen LogP contribution in [-0.2, 0) is 4.74 Å². The summed E-state index contributed by atoms with van der Waals surface area (Å²) >= 11 is 5.72. The van der Waals surface area contributed by atoms with Gasteiger partial charge >= 0.3 is 5.97 Å². The van der Waals surface area contributed by atoms with E-state index in [1.54, 1.807) is 0 Å². The second-order valence-electron chi connectivity index (χ2n) is 2.52. The standard InChI is InChI=1S/C9H7ClN2O2/c1-14-9(13)6-3-7(10)5(4-11)2-8(6)12/h2-3H,12H2,1H3. The number of carbonyl (C=O) groups is 1. The summed E-state index contributed by atoms with van der Waals surface area (Å²) in [4.78, 5) is 11.1. The predicted octanol–water partition coefficient (Wildman–Crippen LogP) is 1.58. The summed E-state index contributed by atoms with van der Waals surface area (Å²) in [5.41, 5.74) is 6.11. The van der Waals surface area contributed by atoms with Gasteiger partial charge in [0.1, 0.15) is 6.07 Å². The summed E-state index contributed by atoms with van der Waals surface area (Å²) in [6, 6.07) is 4.52. The number of carbonyl (C=O) groups excluding carboxylic acids is 1. The molecule has 4 nitrogen and oxygen atoms in total. The molecule has 0 saturated heterocycles. The van der Waals surface area contributed by atoms with Crippen molar-refractivity contribution in [2.75, 3.05) is 12.8 Å². The largest absolute Gasteiger partial charge is 0.465 e. The van der Waals surface area contributed by atoms with Gasteiger partial charge in [0.15, 0.2) is 0 Å². The Bertz CT molecular complexity index is 424. The molecular formula is C9H7ClN2O2. The van der Waals surface area contributed by atoms with Crippen molar-refractivity contribution in [1.29, 1.82) is 5.26 Å². The van der Waals surface area contributed by atoms with Gasteiger partial charge in [-0.3, -0.25) is 0 Å². The molecule has 0 heterocycles. The van der Waals surface area contributed by atoms with E-state index < -0.39 is 5.97 Å². The highest BCUT2D eigenvalue weighted by molar-refractivity contribution is 6.32. The molecule has 0 aliphatic rings. The minimum absolute atomic E-state index is 0.163. The highest BCUT2D eigenvalue weighted by atomic mass is 35.5. The van der Waals surface area contributed by atoms with E-state index in [4.69, 9.17) is 22.6 Å². The van der Waals surface area contributed by atoms with Crippen LogP contribution in [0.4, 0.5) is 5.69 Å². The number of halogens is 1. The van der Waals surface area contributed by atoms with Crippen molar-refractivity contribution in [3.63, 3.8) is 0 Å². The molecule has 14 heavy (non-hydrogen) atoms. The van der Waals surface area contributed by atoms with Crippen molar-refractivity contribution in [2.24, 2.45) is 0 Å². The third-order valence-electron chi connectivity index (χ3n) is 1.66. The van der Waals surface area contributed by atoms with Crippen LogP contribution in [0, 0.1) is 11.3 Å². The van der Waals surface area contributed by atoms with Crippen molar-refractivity contribution < 1.29 is 9.53 Å². The second kappa shape index (κ2) is 3.99. The Labute approximate surface area is 85.8 Å². The lowest BCUT2D eigenvalue weighted by Crippen LogP contribution is -2.06. The molecule has 0 saturated carbocycles. The molecule has 0 aliphatic heterocycles. The fourth-order valence-corrected chi connectivity index (χ4v) is 1.17. The van der Waals surface area contributed by atoms with Gasteiger partial charge < -0.3 is 10.5 Å². The van der Waals surface area contributed by atoms with Gasteiger partial charge in [0.2, 0.25) is 0 Å². The van der Waals surface area contributed by atoms with E-state index in [1.165, 1.54) is 19.2 Å². The van der Waals surface area contributed by atoms with Crippen molar-refractivity contribution in [3.8, 4) is 6.07 Å². The number of nitrogen functional groups attached to an aromatic ring is 1. The highest BCUT2D eigenvalue weighted by Crippen LogP contribution is 2.23. The van der Waals surface area contributed by atoms with Crippen LogP contribution in [0.5, 0.6) is 0 Å². The fourth-order valence-electron chi connectivity index (χ4n) is 0.962. The Morgan fingerprint density at radius 3 is 2.79 bits per heavy atom. The van der Waals surface area contributed by atoms with Gasteiger partial charge in [0.25, 0.3) is 0 Å². The number of esters is 1. The molecular weight excluding hydrogens is 204 g/mol. The molecule has 0 amide bonds. The number of nitriles is 1. The molecule has 0 aromatic heterocycles. The second-order valence-corrected chi connectivity index (χ2v) is 2.93. The van der Waals surface area contributed by atoms with Crippen LogP contribution in [0.25, 0.3) is 0 Å². The molecule has 72 valence electrons. The number of ether oxygens (including phenoxy) is 1. The average Bonchev–Trinajstić information content (AvgIpc) is 2.19. The van der Waals surface area contributed by atoms with Crippen molar-refractivity contribution in [3.05, 3.63) is 28.3 Å². The lowest BCUT2D eigenvalue weighted by Gasteiger charge is -2.04. The SMILES string of the molecule is COC(=O)c1cc(Cl)c(C#N)cc1N. The first-order chi connectivity index (χ1) is 6.60. The zero-order valence-electron chi connectivity index (χ0n) is 7.37. The molecule has 0 fully saturated rings. The molecule has 0 spiro atoms. The third-order valence-corrected chi connectivity index (χ3v) is 1.98. The van der Waals surface area contributed by atoms with Crippen LogP contribution in [0.2, 0.25) is 5.02 Å². The van der Waals surface area contributed by atoms with E-state index in [0.717, 1.165) is 0 Å². The average molecular weight is 211 g/mol. The normalized spacial score (nSPS) is 9.21. The number of benzene rings is 1. The monoisotopic (exact) mass is 210 g/mol. The van der Waals surface area contributed by atoms with Crippen LogP contribution in [0.1, 0.15) is 15.9 Å². The van der Waals surface area contributed by atoms with Gasteiger partial charge in [-0.2, -0.15) is 5.26 Å². The first-order valence-electron chi connectivity index (χ1n) is 3.67. The molecule has 0 unspecified atom stereocenters. The van der Waals surface area contributed by atoms with E-state index in [2.05, 4.69) is 4.74 Å². The summed E-state index contributed by atoms with van der Waals surface area (Å²) in [6.07, 6.45) is 0. The van der Waals surface area contributed by atoms with Gasteiger partial charge in [-0.05, 0) is 12.1 Å². The zero-order chi connectivity index (χ0) is 10.7. The van der Waals surface area contributed by atoms with Crippen LogP contribution in [0.3, 0.4) is 0 Å². The zero-order valence-corrected chi connectivity index (χ0v) is 8.13. The number of nitrogens with two attached hydrogens (primary N) is 1. The first kappa shape index (κ1) is 10.4. The molecule has 1 aromatic carbocycles. The lowest BCUT2D eigenvalue weighted by atomic mass is 10.1. The number of methoxy groups -OCH3 is 1. The van der Waals surface area contributed by atoms with E-state index in [1.807, 2.05) is 6.07 Å². The minimum Gasteiger partial charge on any atom is -0.465 e. The maximum absolute atomic E-state index is 11.1. The molecule has 0 radical (unpaired) electrons. The van der Waals surface area contributed by atoms with E-state index >= 15 is 0 Å². The summed E-state index contributed by atoms with van der Waals surface area (Å²) in [5.74, 6) is -0.575. The smallest absolute Gasteiger partial charge is 0.340 e. The highest BCUT2D eigenvalue weighted by Gasteiger charge is 2.13.